The average molecular weight is 312 g/mol. The van der Waals surface area contributed by atoms with Crippen molar-refractivity contribution in [2.45, 2.75) is 26.8 Å². The molecule has 1 aromatic heterocycles. The Kier molecular flexibility index (Phi) is 6.18. The summed E-state index contributed by atoms with van der Waals surface area (Å²) in [5.74, 6) is 1.94. The van der Waals surface area contributed by atoms with E-state index in [1.807, 2.05) is 24.3 Å². The van der Waals surface area contributed by atoms with E-state index in [1.165, 1.54) is 18.2 Å². The molecule has 0 atom stereocenters. The molecule has 122 valence electrons. The van der Waals surface area contributed by atoms with Gasteiger partial charge in [-0.1, -0.05) is 32.6 Å². The van der Waals surface area contributed by atoms with E-state index in [2.05, 4.69) is 30.7 Å². The van der Waals surface area contributed by atoms with Crippen LogP contribution in [0.25, 0.3) is 5.76 Å². The maximum atomic E-state index is 9.27. The summed E-state index contributed by atoms with van der Waals surface area (Å²) >= 11 is 0. The van der Waals surface area contributed by atoms with Gasteiger partial charge in [-0.05, 0) is 42.6 Å². The second-order valence-electron chi connectivity index (χ2n) is 5.94. The van der Waals surface area contributed by atoms with Gasteiger partial charge < -0.3 is 15.2 Å². The maximum Gasteiger partial charge on any atom is 0.219 e. The molecule has 1 heterocycles. The lowest BCUT2D eigenvalue weighted by Gasteiger charge is -2.08. The van der Waals surface area contributed by atoms with Crippen LogP contribution in [0.5, 0.6) is 11.6 Å². The molecule has 2 aromatic rings. The van der Waals surface area contributed by atoms with Crippen molar-refractivity contribution >= 4 is 5.76 Å². The topological polar surface area (TPSA) is 54.4 Å². The summed E-state index contributed by atoms with van der Waals surface area (Å²) in [6.45, 7) is 9.80. The van der Waals surface area contributed by atoms with Crippen molar-refractivity contribution < 1.29 is 9.84 Å². The largest absolute Gasteiger partial charge is 0.508 e. The SMILES string of the molecule is C=C(O)c1ccc(Oc2ccc(CNCCC(C)C)cc2)nc1. The minimum Gasteiger partial charge on any atom is -0.508 e. The molecule has 0 aliphatic rings. The first-order valence-corrected chi connectivity index (χ1v) is 7.86. The summed E-state index contributed by atoms with van der Waals surface area (Å²) in [5.41, 5.74) is 1.81. The highest BCUT2D eigenvalue weighted by Gasteiger charge is 2.02. The van der Waals surface area contributed by atoms with E-state index in [-0.39, 0.29) is 5.76 Å². The zero-order valence-corrected chi connectivity index (χ0v) is 13.7. The van der Waals surface area contributed by atoms with Gasteiger partial charge in [0.15, 0.2) is 0 Å². The maximum absolute atomic E-state index is 9.27. The number of aliphatic hydroxyl groups is 1. The minimum absolute atomic E-state index is 0.00151. The van der Waals surface area contributed by atoms with Crippen LogP contribution in [0.15, 0.2) is 49.2 Å². The third-order valence-electron chi connectivity index (χ3n) is 3.44. The molecule has 0 radical (unpaired) electrons. The molecule has 4 nitrogen and oxygen atoms in total. The van der Waals surface area contributed by atoms with Gasteiger partial charge in [0.1, 0.15) is 11.5 Å². The smallest absolute Gasteiger partial charge is 0.219 e. The zero-order valence-electron chi connectivity index (χ0n) is 13.7. The molecular weight excluding hydrogens is 288 g/mol. The number of rotatable bonds is 8. The molecule has 0 aliphatic heterocycles. The number of aliphatic hydroxyl groups excluding tert-OH is 1. The van der Waals surface area contributed by atoms with Crippen molar-refractivity contribution in [2.75, 3.05) is 6.54 Å². The molecule has 0 saturated carbocycles. The van der Waals surface area contributed by atoms with Gasteiger partial charge in [0.05, 0.1) is 0 Å². The Morgan fingerprint density at radius 1 is 1.22 bits per heavy atom. The highest BCUT2D eigenvalue weighted by atomic mass is 16.5. The highest BCUT2D eigenvalue weighted by molar-refractivity contribution is 5.54. The van der Waals surface area contributed by atoms with Gasteiger partial charge in [0.25, 0.3) is 0 Å². The van der Waals surface area contributed by atoms with Crippen LogP contribution in [0.2, 0.25) is 0 Å². The average Bonchev–Trinajstić information content (AvgIpc) is 2.53. The van der Waals surface area contributed by atoms with Crippen LogP contribution >= 0.6 is 0 Å². The molecule has 0 aliphatic carbocycles. The molecule has 23 heavy (non-hydrogen) atoms. The van der Waals surface area contributed by atoms with Crippen LogP contribution in [0, 0.1) is 5.92 Å². The van der Waals surface area contributed by atoms with Gasteiger partial charge in [-0.15, -0.1) is 0 Å². The molecule has 4 heteroatoms. The second kappa shape index (κ2) is 8.34. The number of nitrogens with one attached hydrogen (secondary N) is 1. The molecular formula is C19H24N2O2. The van der Waals surface area contributed by atoms with Gasteiger partial charge in [-0.3, -0.25) is 0 Å². The fourth-order valence-corrected chi connectivity index (χ4v) is 2.03. The Hall–Kier alpha value is -2.33. The van der Waals surface area contributed by atoms with E-state index in [0.717, 1.165) is 24.8 Å². The zero-order chi connectivity index (χ0) is 16.7. The summed E-state index contributed by atoms with van der Waals surface area (Å²) in [7, 11) is 0. The lowest BCUT2D eigenvalue weighted by Crippen LogP contribution is -2.16. The Morgan fingerprint density at radius 2 is 1.96 bits per heavy atom. The quantitative estimate of drug-likeness (QED) is 0.555. The van der Waals surface area contributed by atoms with E-state index in [4.69, 9.17) is 4.74 Å². The number of benzene rings is 1. The number of aromatic nitrogens is 1. The molecule has 0 amide bonds. The van der Waals surface area contributed by atoms with Gasteiger partial charge in [-0.25, -0.2) is 4.98 Å². The predicted octanol–water partition coefficient (Wildman–Crippen LogP) is 4.54. The summed E-state index contributed by atoms with van der Waals surface area (Å²) in [6, 6.07) is 11.4. The second-order valence-corrected chi connectivity index (χ2v) is 5.94. The van der Waals surface area contributed by atoms with Crippen LogP contribution in [0.3, 0.4) is 0 Å². The van der Waals surface area contributed by atoms with E-state index in [1.54, 1.807) is 12.1 Å². The number of hydrogen-bond acceptors (Lipinski definition) is 4. The van der Waals surface area contributed by atoms with Crippen molar-refractivity contribution in [2.24, 2.45) is 5.92 Å². The number of ether oxygens (including phenoxy) is 1. The van der Waals surface area contributed by atoms with Crippen LogP contribution in [-0.4, -0.2) is 16.6 Å². The molecule has 0 spiro atoms. The summed E-state index contributed by atoms with van der Waals surface area (Å²) in [5, 5.41) is 12.7. The van der Waals surface area contributed by atoms with E-state index < -0.39 is 0 Å². The molecule has 0 fully saturated rings. The Morgan fingerprint density at radius 3 is 2.52 bits per heavy atom. The van der Waals surface area contributed by atoms with Crippen molar-refractivity contribution in [3.63, 3.8) is 0 Å². The normalized spacial score (nSPS) is 10.7. The summed E-state index contributed by atoms with van der Waals surface area (Å²) in [6.07, 6.45) is 2.72. The Bertz CT molecular complexity index is 619. The Balaban J connectivity index is 1.85. The minimum atomic E-state index is -0.00151. The molecule has 0 saturated heterocycles. The molecule has 0 bridgehead atoms. The van der Waals surface area contributed by atoms with Crippen molar-refractivity contribution in [3.05, 3.63) is 60.3 Å². The molecule has 1 aromatic carbocycles. The number of pyridine rings is 1. The van der Waals surface area contributed by atoms with Gasteiger partial charge in [0.2, 0.25) is 5.88 Å². The number of hydrogen-bond donors (Lipinski definition) is 2. The van der Waals surface area contributed by atoms with Gasteiger partial charge in [-0.2, -0.15) is 0 Å². The third-order valence-corrected chi connectivity index (χ3v) is 3.44. The molecule has 2 N–H and O–H groups in total. The summed E-state index contributed by atoms with van der Waals surface area (Å²) < 4.78 is 5.68. The van der Waals surface area contributed by atoms with E-state index in [9.17, 15) is 5.11 Å². The van der Waals surface area contributed by atoms with Crippen LogP contribution in [0.4, 0.5) is 0 Å². The number of nitrogens with zero attached hydrogens (tertiary/aromatic N) is 1. The lowest BCUT2D eigenvalue weighted by atomic mass is 10.1. The van der Waals surface area contributed by atoms with Crippen molar-refractivity contribution in [1.29, 1.82) is 0 Å². The highest BCUT2D eigenvalue weighted by Crippen LogP contribution is 2.21. The van der Waals surface area contributed by atoms with Crippen LogP contribution in [-0.2, 0) is 6.54 Å². The molecule has 0 unspecified atom stereocenters. The monoisotopic (exact) mass is 312 g/mol. The Labute approximate surface area is 137 Å². The first-order chi connectivity index (χ1) is 11.0. The van der Waals surface area contributed by atoms with E-state index in [0.29, 0.717) is 11.4 Å². The van der Waals surface area contributed by atoms with Crippen LogP contribution in [0.1, 0.15) is 31.4 Å². The van der Waals surface area contributed by atoms with E-state index >= 15 is 0 Å². The molecule has 2 rings (SSSR count). The summed E-state index contributed by atoms with van der Waals surface area (Å²) in [4.78, 5) is 4.14. The lowest BCUT2D eigenvalue weighted by molar-refractivity contribution is 0.461. The van der Waals surface area contributed by atoms with Crippen molar-refractivity contribution in [3.8, 4) is 11.6 Å². The first-order valence-electron chi connectivity index (χ1n) is 7.86. The third kappa shape index (κ3) is 5.75. The van der Waals surface area contributed by atoms with Crippen molar-refractivity contribution in [1.82, 2.24) is 10.3 Å². The predicted molar refractivity (Wildman–Crippen MR) is 93.6 cm³/mol. The van der Waals surface area contributed by atoms with Gasteiger partial charge in [0, 0.05) is 24.4 Å². The fraction of sp³-hybridized carbons (Fsp3) is 0.316. The standard InChI is InChI=1S/C19H24N2O2/c1-14(2)10-11-20-12-16-4-7-18(8-5-16)23-19-9-6-17(13-21-19)15(3)22/h4-9,13-14,20,22H,3,10-12H2,1-2H3. The van der Waals surface area contributed by atoms with Gasteiger partial charge >= 0.3 is 0 Å². The van der Waals surface area contributed by atoms with Crippen LogP contribution < -0.4 is 10.1 Å². The fourth-order valence-electron chi connectivity index (χ4n) is 2.03. The first kappa shape index (κ1) is 17.0.